The summed E-state index contributed by atoms with van der Waals surface area (Å²) in [5.41, 5.74) is 3.23. The van der Waals surface area contributed by atoms with Crippen LogP contribution >= 0.6 is 0 Å². The second kappa shape index (κ2) is 8.13. The Morgan fingerprint density at radius 2 is 1.82 bits per heavy atom. The summed E-state index contributed by atoms with van der Waals surface area (Å²) in [5.74, 6) is -0.0838. The second-order valence-corrected chi connectivity index (χ2v) is 7.92. The highest BCUT2D eigenvalue weighted by Crippen LogP contribution is 2.38. The lowest BCUT2D eigenvalue weighted by Crippen LogP contribution is -2.37. The molecule has 1 fully saturated rings. The summed E-state index contributed by atoms with van der Waals surface area (Å²) in [4.78, 5) is 32.1. The molecule has 1 aliphatic carbocycles. The number of nitrogens with one attached hydrogen (secondary N) is 1. The van der Waals surface area contributed by atoms with Gasteiger partial charge in [-0.3, -0.25) is 19.5 Å². The first kappa shape index (κ1) is 18.7. The Bertz CT molecular complexity index is 854. The zero-order valence-electron chi connectivity index (χ0n) is 16.4. The van der Waals surface area contributed by atoms with Gasteiger partial charge in [0.2, 0.25) is 5.91 Å². The molecule has 5 heteroatoms. The molecule has 2 aromatic rings. The van der Waals surface area contributed by atoms with E-state index in [4.69, 9.17) is 0 Å². The maximum Gasteiger partial charge on any atom is 0.260 e. The van der Waals surface area contributed by atoms with Crippen molar-refractivity contribution in [1.29, 1.82) is 0 Å². The van der Waals surface area contributed by atoms with Gasteiger partial charge in [-0.1, -0.05) is 43.4 Å². The molecule has 28 heavy (non-hydrogen) atoms. The van der Waals surface area contributed by atoms with Crippen molar-refractivity contribution < 1.29 is 9.59 Å². The molecular formula is C23H27N3O2. The van der Waals surface area contributed by atoms with E-state index in [0.29, 0.717) is 11.3 Å². The van der Waals surface area contributed by atoms with E-state index in [9.17, 15) is 9.59 Å². The number of carbonyl (C=O) groups excluding carboxylic acids is 2. The molecule has 1 aromatic carbocycles. The average Bonchev–Trinajstić information content (AvgIpc) is 2.85. The topological polar surface area (TPSA) is 62.3 Å². The lowest BCUT2D eigenvalue weighted by molar-refractivity contribution is -0.122. The molecule has 1 N–H and O–H groups in total. The molecule has 4 rings (SSSR count). The van der Waals surface area contributed by atoms with Crippen LogP contribution in [0.1, 0.15) is 72.6 Å². The molecule has 5 nitrogen and oxygen atoms in total. The Hall–Kier alpha value is -2.69. The Kier molecular flexibility index (Phi) is 5.42. The summed E-state index contributed by atoms with van der Waals surface area (Å²) >= 11 is 0. The molecule has 2 aliphatic rings. The van der Waals surface area contributed by atoms with Gasteiger partial charge in [0.05, 0.1) is 23.7 Å². The van der Waals surface area contributed by atoms with Crippen LogP contribution in [0.25, 0.3) is 0 Å². The molecule has 0 radical (unpaired) electrons. The van der Waals surface area contributed by atoms with E-state index < -0.39 is 0 Å². The van der Waals surface area contributed by atoms with Crippen LogP contribution in [-0.4, -0.2) is 22.8 Å². The standard InChI is InChI=1S/C23H27N3O2/c1-16-10-12-18(13-11-16)26-20(22-19(23(26)28)9-6-14-24-22)15-21(27)25-17-7-4-2-3-5-8-17/h6,9-14,17,20H,2-5,7-8,15H2,1H3,(H,25,27). The highest BCUT2D eigenvalue weighted by Gasteiger charge is 2.40. The van der Waals surface area contributed by atoms with Crippen molar-refractivity contribution in [2.75, 3.05) is 4.90 Å². The Labute approximate surface area is 166 Å². The minimum atomic E-state index is -0.364. The molecule has 1 atom stereocenters. The Morgan fingerprint density at radius 3 is 2.54 bits per heavy atom. The largest absolute Gasteiger partial charge is 0.353 e. The summed E-state index contributed by atoms with van der Waals surface area (Å²) in [6, 6.07) is 11.3. The number of aryl methyl sites for hydroxylation is 1. The van der Waals surface area contributed by atoms with E-state index in [2.05, 4.69) is 10.3 Å². The van der Waals surface area contributed by atoms with Gasteiger partial charge in [-0.15, -0.1) is 0 Å². The fourth-order valence-electron chi connectivity index (χ4n) is 4.33. The van der Waals surface area contributed by atoms with Crippen molar-refractivity contribution in [3.8, 4) is 0 Å². The molecule has 1 saturated carbocycles. The number of fused-ring (bicyclic) bond motifs is 1. The Morgan fingerprint density at radius 1 is 1.11 bits per heavy atom. The number of benzene rings is 1. The molecule has 1 aromatic heterocycles. The van der Waals surface area contributed by atoms with Crippen molar-refractivity contribution in [3.05, 3.63) is 59.4 Å². The first-order chi connectivity index (χ1) is 13.6. The van der Waals surface area contributed by atoms with Gasteiger partial charge in [0.25, 0.3) is 5.91 Å². The van der Waals surface area contributed by atoms with E-state index in [-0.39, 0.29) is 30.3 Å². The zero-order chi connectivity index (χ0) is 19.5. The quantitative estimate of drug-likeness (QED) is 0.807. The van der Waals surface area contributed by atoms with Gasteiger partial charge < -0.3 is 5.32 Å². The number of hydrogen-bond acceptors (Lipinski definition) is 3. The van der Waals surface area contributed by atoms with Crippen LogP contribution in [-0.2, 0) is 4.79 Å². The lowest BCUT2D eigenvalue weighted by Gasteiger charge is -2.26. The van der Waals surface area contributed by atoms with Crippen molar-refractivity contribution in [1.82, 2.24) is 10.3 Å². The zero-order valence-corrected chi connectivity index (χ0v) is 16.4. The number of carbonyl (C=O) groups is 2. The van der Waals surface area contributed by atoms with Crippen LogP contribution in [0.5, 0.6) is 0 Å². The lowest BCUT2D eigenvalue weighted by atomic mass is 10.1. The minimum Gasteiger partial charge on any atom is -0.353 e. The van der Waals surface area contributed by atoms with Gasteiger partial charge in [0.15, 0.2) is 0 Å². The molecule has 1 aliphatic heterocycles. The van der Waals surface area contributed by atoms with Crippen molar-refractivity contribution >= 4 is 17.5 Å². The van der Waals surface area contributed by atoms with Gasteiger partial charge in [0, 0.05) is 17.9 Å². The summed E-state index contributed by atoms with van der Waals surface area (Å²) in [5, 5.41) is 3.21. The molecule has 1 unspecified atom stereocenters. The number of nitrogens with zero attached hydrogens (tertiary/aromatic N) is 2. The predicted octanol–water partition coefficient (Wildman–Crippen LogP) is 4.32. The number of anilines is 1. The van der Waals surface area contributed by atoms with E-state index in [1.165, 1.54) is 25.7 Å². The number of rotatable bonds is 4. The first-order valence-electron chi connectivity index (χ1n) is 10.3. The number of aromatic nitrogens is 1. The molecule has 0 bridgehead atoms. The first-order valence-corrected chi connectivity index (χ1v) is 10.3. The predicted molar refractivity (Wildman–Crippen MR) is 109 cm³/mol. The molecule has 2 amide bonds. The third-order valence-corrected chi connectivity index (χ3v) is 5.83. The summed E-state index contributed by atoms with van der Waals surface area (Å²) in [7, 11) is 0. The van der Waals surface area contributed by atoms with Crippen molar-refractivity contribution in [2.24, 2.45) is 0 Å². The Balaban J connectivity index is 1.57. The summed E-state index contributed by atoms with van der Waals surface area (Å²) < 4.78 is 0. The fraction of sp³-hybridized carbons (Fsp3) is 0.435. The van der Waals surface area contributed by atoms with Crippen LogP contribution in [0.4, 0.5) is 5.69 Å². The van der Waals surface area contributed by atoms with Crippen molar-refractivity contribution in [3.63, 3.8) is 0 Å². The monoisotopic (exact) mass is 377 g/mol. The van der Waals surface area contributed by atoms with Gasteiger partial charge in [0.1, 0.15) is 0 Å². The molecule has 0 saturated heterocycles. The molecular weight excluding hydrogens is 350 g/mol. The molecule has 2 heterocycles. The van der Waals surface area contributed by atoms with E-state index >= 15 is 0 Å². The number of hydrogen-bond donors (Lipinski definition) is 1. The maximum atomic E-state index is 13.1. The SMILES string of the molecule is Cc1ccc(N2C(=O)c3cccnc3C2CC(=O)NC2CCCCCC2)cc1. The van der Waals surface area contributed by atoms with Crippen molar-refractivity contribution in [2.45, 2.75) is 64.0 Å². The molecule has 0 spiro atoms. The van der Waals surface area contributed by atoms with Gasteiger partial charge in [-0.05, 0) is 44.0 Å². The normalized spacial score (nSPS) is 20.0. The number of amides is 2. The second-order valence-electron chi connectivity index (χ2n) is 7.92. The third kappa shape index (κ3) is 3.79. The smallest absolute Gasteiger partial charge is 0.260 e. The van der Waals surface area contributed by atoms with E-state index in [0.717, 1.165) is 24.1 Å². The minimum absolute atomic E-state index is 0.000291. The highest BCUT2D eigenvalue weighted by molar-refractivity contribution is 6.11. The summed E-state index contributed by atoms with van der Waals surface area (Å²) in [6.07, 6.45) is 8.88. The van der Waals surface area contributed by atoms with Crippen LogP contribution in [0.2, 0.25) is 0 Å². The van der Waals surface area contributed by atoms with Crippen LogP contribution in [0.3, 0.4) is 0 Å². The van der Waals surface area contributed by atoms with Gasteiger partial charge in [-0.2, -0.15) is 0 Å². The maximum absolute atomic E-state index is 13.1. The van der Waals surface area contributed by atoms with E-state index in [1.54, 1.807) is 23.2 Å². The summed E-state index contributed by atoms with van der Waals surface area (Å²) in [6.45, 7) is 2.02. The van der Waals surface area contributed by atoms with E-state index in [1.807, 2.05) is 31.2 Å². The van der Waals surface area contributed by atoms with Crippen LogP contribution < -0.4 is 10.2 Å². The average molecular weight is 377 g/mol. The number of pyridine rings is 1. The van der Waals surface area contributed by atoms with Gasteiger partial charge >= 0.3 is 0 Å². The van der Waals surface area contributed by atoms with Crippen LogP contribution in [0.15, 0.2) is 42.6 Å². The van der Waals surface area contributed by atoms with Crippen LogP contribution in [0, 0.1) is 6.92 Å². The molecule has 146 valence electrons. The third-order valence-electron chi connectivity index (χ3n) is 5.83. The van der Waals surface area contributed by atoms with Gasteiger partial charge in [-0.25, -0.2) is 0 Å². The fourth-order valence-corrected chi connectivity index (χ4v) is 4.33. The highest BCUT2D eigenvalue weighted by atomic mass is 16.2.